The van der Waals surface area contributed by atoms with Crippen LogP contribution >= 0.6 is 11.8 Å². The number of rotatable bonds is 4. The van der Waals surface area contributed by atoms with Crippen LogP contribution < -0.4 is 11.5 Å². The number of nitrogens with one attached hydrogen (secondary N) is 1. The molecule has 26 heavy (non-hydrogen) atoms. The molecule has 0 spiro atoms. The average molecular weight is 595 g/mol. The Morgan fingerprint density at radius 3 is 2.81 bits per heavy atom. The molecule has 1 aliphatic rings. The van der Waals surface area contributed by atoms with Crippen LogP contribution in [0.4, 0.5) is 0 Å². The van der Waals surface area contributed by atoms with Gasteiger partial charge in [-0.15, -0.1) is 0 Å². The van der Waals surface area contributed by atoms with Crippen molar-refractivity contribution in [3.8, 4) is 0 Å². The van der Waals surface area contributed by atoms with E-state index in [9.17, 15) is 0 Å². The van der Waals surface area contributed by atoms with Crippen LogP contribution in [0.1, 0.15) is 19.3 Å². The zero-order chi connectivity index (χ0) is 17.9. The second-order valence-corrected chi connectivity index (χ2v) is 7.52. The molecule has 0 atom stereocenters. The number of H-pyrrole nitrogens is 1. The van der Waals surface area contributed by atoms with Crippen LogP contribution in [0.15, 0.2) is 45.6 Å². The van der Waals surface area contributed by atoms with Gasteiger partial charge in [-0.3, -0.25) is 0 Å². The topological polar surface area (TPSA) is 96.3 Å². The maximum atomic E-state index is 6.11. The third-order valence-electron chi connectivity index (χ3n) is 4.65. The molecule has 0 saturated carbocycles. The van der Waals surface area contributed by atoms with Gasteiger partial charge < -0.3 is 35.2 Å². The molecule has 136 valence electrons. The Hall–Kier alpha value is -1.10. The molecular weight excluding hydrogens is 570 g/mol. The molecular formula is C18H24N6SU. The molecule has 1 fully saturated rings. The number of fused-ring (bicyclic) bond motifs is 1. The number of thioether (sulfide) groups is 1. The zero-order valence-corrected chi connectivity index (χ0v) is 19.7. The van der Waals surface area contributed by atoms with E-state index in [1.807, 2.05) is 18.3 Å². The van der Waals surface area contributed by atoms with Crippen LogP contribution in [0, 0.1) is 50.4 Å². The van der Waals surface area contributed by atoms with Gasteiger partial charge in [-0.25, -0.2) is 16.4 Å². The summed E-state index contributed by atoms with van der Waals surface area (Å²) in [6, 6.07) is 3.92. The monoisotopic (exact) mass is 594 g/mol. The van der Waals surface area contributed by atoms with Gasteiger partial charge in [0, 0.05) is 35.8 Å². The van der Waals surface area contributed by atoms with Crippen molar-refractivity contribution in [3.63, 3.8) is 0 Å². The first-order valence-electron chi connectivity index (χ1n) is 8.29. The number of piperidine rings is 1. The van der Waals surface area contributed by atoms with E-state index in [0.717, 1.165) is 48.3 Å². The summed E-state index contributed by atoms with van der Waals surface area (Å²) in [6.07, 6.45) is 8.04. The summed E-state index contributed by atoms with van der Waals surface area (Å²) in [6.45, 7) is 9.96. The van der Waals surface area contributed by atoms with Crippen LogP contribution in [-0.2, 0) is 0 Å². The van der Waals surface area contributed by atoms with E-state index >= 15 is 0 Å². The number of nitrogens with zero attached hydrogens (tertiary/aromatic N) is 3. The molecule has 0 unspecified atom stereocenters. The van der Waals surface area contributed by atoms with Crippen molar-refractivity contribution in [3.05, 3.63) is 49.6 Å². The molecule has 8 heteroatoms. The van der Waals surface area contributed by atoms with Gasteiger partial charge in [0.15, 0.2) is 5.96 Å². The quantitative estimate of drug-likeness (QED) is 0.219. The third kappa shape index (κ3) is 4.99. The second kappa shape index (κ2) is 9.21. The second-order valence-electron chi connectivity index (χ2n) is 6.41. The maximum Gasteiger partial charge on any atom is 2.00 e. The number of hydrogen-bond donors (Lipinski definition) is 3. The minimum atomic E-state index is 0. The van der Waals surface area contributed by atoms with E-state index in [-0.39, 0.29) is 36.5 Å². The molecule has 0 bridgehead atoms. The molecule has 6 nitrogen and oxygen atoms in total. The number of hydrogen-bond acceptors (Lipinski definition) is 4. The van der Waals surface area contributed by atoms with Crippen molar-refractivity contribution in [2.75, 3.05) is 13.1 Å². The van der Waals surface area contributed by atoms with Crippen LogP contribution in [0.3, 0.4) is 0 Å². The normalized spacial score (nSPS) is 18.0. The van der Waals surface area contributed by atoms with Gasteiger partial charge in [-0.05, 0) is 12.1 Å². The fourth-order valence-electron chi connectivity index (χ4n) is 2.85. The van der Waals surface area contributed by atoms with Crippen molar-refractivity contribution in [2.24, 2.45) is 21.9 Å². The predicted octanol–water partition coefficient (Wildman–Crippen LogP) is 2.87. The molecule has 0 radical (unpaired) electrons. The molecule has 0 aromatic carbocycles. The Bertz CT molecular complexity index is 792. The Morgan fingerprint density at radius 2 is 2.12 bits per heavy atom. The number of likely N-dealkylation sites (tertiary alicyclic amines) is 1. The maximum absolute atomic E-state index is 6.11. The summed E-state index contributed by atoms with van der Waals surface area (Å²) in [4.78, 5) is 14.8. The largest absolute Gasteiger partial charge is 2.00 e. The summed E-state index contributed by atoms with van der Waals surface area (Å²) in [5, 5.41) is 1.62. The fraction of sp³-hybridized carbons (Fsp3) is 0.333. The van der Waals surface area contributed by atoms with Crippen molar-refractivity contribution < 1.29 is 31.1 Å². The van der Waals surface area contributed by atoms with E-state index in [4.69, 9.17) is 11.5 Å². The van der Waals surface area contributed by atoms with Crippen LogP contribution in [0.2, 0.25) is 0 Å². The Kier molecular flexibility index (Phi) is 7.51. The molecule has 5 N–H and O–H groups in total. The average Bonchev–Trinajstić information content (AvgIpc) is 3.10. The van der Waals surface area contributed by atoms with E-state index in [0.29, 0.717) is 11.0 Å². The number of pyridine rings is 1. The van der Waals surface area contributed by atoms with E-state index < -0.39 is 0 Å². The van der Waals surface area contributed by atoms with Gasteiger partial charge in [0.05, 0.1) is 11.2 Å². The SMILES string of the molecule is [CH2-]CC1([CH2-])CCN(C(N)=N/C=C(\N)Sc2ccnc3[nH]ccc23)CC1.[U+2]. The summed E-state index contributed by atoms with van der Waals surface area (Å²) in [5.41, 5.74) is 13.1. The number of aromatic nitrogens is 2. The van der Waals surface area contributed by atoms with E-state index in [1.54, 1.807) is 12.4 Å². The minimum absolute atomic E-state index is 0. The zero-order valence-electron chi connectivity index (χ0n) is 14.7. The Morgan fingerprint density at radius 1 is 1.38 bits per heavy atom. The summed E-state index contributed by atoms with van der Waals surface area (Å²) in [5.74, 6) is 0.496. The smallest absolute Gasteiger partial charge is 0.392 e. The van der Waals surface area contributed by atoms with Crippen molar-refractivity contribution >= 4 is 28.8 Å². The molecule has 0 amide bonds. The first-order valence-corrected chi connectivity index (χ1v) is 9.11. The molecule has 3 heterocycles. The third-order valence-corrected chi connectivity index (χ3v) is 5.57. The molecule has 1 aliphatic heterocycles. The minimum Gasteiger partial charge on any atom is -0.392 e. The molecule has 3 rings (SSSR count). The Balaban J connectivity index is 0.00000243. The number of nitrogens with two attached hydrogens (primary N) is 2. The standard InChI is InChI=1S/C18H24N6S.U/c1-3-18(2)6-10-24(11-7-18)17(20)23-12-15(19)25-14-5-9-22-16-13(14)4-8-21-16;/h4-5,8-9,12H,1-3,6-7,10-11,19H2,(H2,20,23)(H,21,22);/q-2;+2/b15-12+;. The summed E-state index contributed by atoms with van der Waals surface area (Å²) < 4.78 is 0. The van der Waals surface area contributed by atoms with Gasteiger partial charge in [-0.1, -0.05) is 24.6 Å². The first kappa shape index (κ1) is 21.2. The van der Waals surface area contributed by atoms with Crippen LogP contribution in [0.25, 0.3) is 11.0 Å². The van der Waals surface area contributed by atoms with E-state index in [1.165, 1.54) is 11.8 Å². The van der Waals surface area contributed by atoms with Gasteiger partial charge >= 0.3 is 31.1 Å². The number of aliphatic imine (C=N–C) groups is 1. The van der Waals surface area contributed by atoms with Crippen molar-refractivity contribution in [2.45, 2.75) is 24.2 Å². The van der Waals surface area contributed by atoms with Crippen molar-refractivity contribution in [1.82, 2.24) is 14.9 Å². The van der Waals surface area contributed by atoms with Crippen LogP contribution in [-0.4, -0.2) is 33.9 Å². The van der Waals surface area contributed by atoms with Gasteiger partial charge in [-0.2, -0.15) is 5.41 Å². The van der Waals surface area contributed by atoms with Crippen LogP contribution in [0.5, 0.6) is 0 Å². The Labute approximate surface area is 182 Å². The van der Waals surface area contributed by atoms with Crippen molar-refractivity contribution in [1.29, 1.82) is 0 Å². The number of guanidine groups is 1. The number of aromatic amines is 1. The first-order chi connectivity index (χ1) is 12.0. The van der Waals surface area contributed by atoms with Gasteiger partial charge in [0.1, 0.15) is 5.65 Å². The van der Waals surface area contributed by atoms with Gasteiger partial charge in [0.2, 0.25) is 0 Å². The summed E-state index contributed by atoms with van der Waals surface area (Å²) in [7, 11) is 0. The molecule has 1 saturated heterocycles. The predicted molar refractivity (Wildman–Crippen MR) is 104 cm³/mol. The molecule has 0 aliphatic carbocycles. The van der Waals surface area contributed by atoms with Gasteiger partial charge in [0.25, 0.3) is 0 Å². The molecule has 2 aromatic heterocycles. The fourth-order valence-corrected chi connectivity index (χ4v) is 3.61. The van der Waals surface area contributed by atoms with E-state index in [2.05, 4.69) is 33.7 Å². The molecule has 2 aromatic rings. The summed E-state index contributed by atoms with van der Waals surface area (Å²) >= 11 is 1.45.